The van der Waals surface area contributed by atoms with Gasteiger partial charge in [0.2, 0.25) is 5.91 Å². The Bertz CT molecular complexity index is 971. The maximum Gasteiger partial charge on any atom is 0.246 e. The second-order valence-electron chi connectivity index (χ2n) is 6.63. The van der Waals surface area contributed by atoms with E-state index in [2.05, 4.69) is 10.3 Å². The molecule has 1 aliphatic carbocycles. The molecule has 0 radical (unpaired) electrons. The SMILES string of the molecule is Cc1ncsc1COc1ccc2oc(C)c(C3(NC(=O)CO)CC3)c2c1. The molecule has 3 aromatic rings. The summed E-state index contributed by atoms with van der Waals surface area (Å²) in [5.74, 6) is 1.16. The van der Waals surface area contributed by atoms with Crippen molar-refractivity contribution in [1.29, 1.82) is 0 Å². The van der Waals surface area contributed by atoms with E-state index in [1.54, 1.807) is 11.3 Å². The molecule has 2 aromatic heterocycles. The van der Waals surface area contributed by atoms with Crippen LogP contribution in [-0.2, 0) is 16.9 Å². The smallest absolute Gasteiger partial charge is 0.246 e. The van der Waals surface area contributed by atoms with E-state index in [-0.39, 0.29) is 5.91 Å². The van der Waals surface area contributed by atoms with Crippen LogP contribution in [-0.4, -0.2) is 22.6 Å². The van der Waals surface area contributed by atoms with Crippen LogP contribution in [0.1, 0.15) is 34.7 Å². The lowest BCUT2D eigenvalue weighted by Crippen LogP contribution is -2.36. The number of aryl methyl sites for hydroxylation is 2. The molecular weight excluding hydrogens is 352 g/mol. The summed E-state index contributed by atoms with van der Waals surface area (Å²) < 4.78 is 11.8. The molecule has 6 nitrogen and oxygen atoms in total. The number of thiazole rings is 1. The van der Waals surface area contributed by atoms with Gasteiger partial charge in [-0.05, 0) is 44.9 Å². The predicted molar refractivity (Wildman–Crippen MR) is 98.3 cm³/mol. The summed E-state index contributed by atoms with van der Waals surface area (Å²) in [6, 6.07) is 5.74. The number of hydrogen-bond donors (Lipinski definition) is 2. The third-order valence-electron chi connectivity index (χ3n) is 4.80. The fourth-order valence-corrected chi connectivity index (χ4v) is 4.05. The number of nitrogens with zero attached hydrogens (tertiary/aromatic N) is 1. The van der Waals surface area contributed by atoms with Gasteiger partial charge in [-0.15, -0.1) is 11.3 Å². The fraction of sp³-hybridized carbons (Fsp3) is 0.368. The zero-order valence-electron chi connectivity index (χ0n) is 14.7. The number of nitrogens with one attached hydrogen (secondary N) is 1. The molecule has 1 aliphatic rings. The molecule has 136 valence electrons. The number of aliphatic hydroxyl groups excluding tert-OH is 1. The first-order chi connectivity index (χ1) is 12.5. The van der Waals surface area contributed by atoms with Gasteiger partial charge in [-0.2, -0.15) is 0 Å². The Kier molecular flexibility index (Phi) is 4.20. The van der Waals surface area contributed by atoms with Gasteiger partial charge in [-0.25, -0.2) is 4.98 Å². The first-order valence-electron chi connectivity index (χ1n) is 8.50. The highest BCUT2D eigenvalue weighted by atomic mass is 32.1. The van der Waals surface area contributed by atoms with Crippen LogP contribution in [0.2, 0.25) is 0 Å². The zero-order chi connectivity index (χ0) is 18.3. The Balaban J connectivity index is 1.65. The zero-order valence-corrected chi connectivity index (χ0v) is 15.5. The quantitative estimate of drug-likeness (QED) is 0.694. The molecule has 4 rings (SSSR count). The lowest BCUT2D eigenvalue weighted by Gasteiger charge is -2.17. The van der Waals surface area contributed by atoms with Gasteiger partial charge >= 0.3 is 0 Å². The van der Waals surface area contributed by atoms with E-state index in [1.807, 2.05) is 37.6 Å². The molecular formula is C19H20N2O4S. The number of fused-ring (bicyclic) bond motifs is 1. The average Bonchev–Trinajstić information content (AvgIpc) is 3.13. The third-order valence-corrected chi connectivity index (χ3v) is 5.71. The Hall–Kier alpha value is -2.38. The lowest BCUT2D eigenvalue weighted by molar-refractivity contribution is -0.124. The molecule has 2 N–H and O–H groups in total. The number of aromatic nitrogens is 1. The summed E-state index contributed by atoms with van der Waals surface area (Å²) in [5, 5.41) is 13.0. The van der Waals surface area contributed by atoms with E-state index in [9.17, 15) is 4.79 Å². The van der Waals surface area contributed by atoms with Gasteiger partial charge in [0.05, 0.1) is 21.6 Å². The molecule has 26 heavy (non-hydrogen) atoms. The molecule has 0 aliphatic heterocycles. The number of ether oxygens (including phenoxy) is 1. The molecule has 1 saturated carbocycles. The number of aliphatic hydroxyl groups is 1. The molecule has 0 saturated heterocycles. The standard InChI is InChI=1S/C19H20N2O4S/c1-11-16(26-10-20-11)9-24-13-3-4-15-14(7-13)18(12(2)25-15)19(5-6-19)21-17(23)8-22/h3-4,7,10,22H,5-6,8-9H2,1-2H3,(H,21,23). The summed E-state index contributed by atoms with van der Waals surface area (Å²) in [7, 11) is 0. The average molecular weight is 372 g/mol. The molecule has 0 spiro atoms. The van der Waals surface area contributed by atoms with E-state index < -0.39 is 12.1 Å². The Morgan fingerprint density at radius 3 is 2.88 bits per heavy atom. The maximum atomic E-state index is 11.7. The number of furan rings is 1. The van der Waals surface area contributed by atoms with Crippen molar-refractivity contribution < 1.29 is 19.1 Å². The predicted octanol–water partition coefficient (Wildman–Crippen LogP) is 3.18. The largest absolute Gasteiger partial charge is 0.488 e. The summed E-state index contributed by atoms with van der Waals surface area (Å²) >= 11 is 1.58. The maximum absolute atomic E-state index is 11.7. The van der Waals surface area contributed by atoms with Crippen molar-refractivity contribution in [3.63, 3.8) is 0 Å². The number of amides is 1. The van der Waals surface area contributed by atoms with Gasteiger partial charge in [0.15, 0.2) is 0 Å². The molecule has 1 fully saturated rings. The number of carbonyl (C=O) groups is 1. The van der Waals surface area contributed by atoms with Gasteiger partial charge in [0.1, 0.15) is 30.3 Å². The van der Waals surface area contributed by atoms with Crippen molar-refractivity contribution in [2.24, 2.45) is 0 Å². The van der Waals surface area contributed by atoms with Crippen LogP contribution in [0.5, 0.6) is 5.75 Å². The molecule has 0 atom stereocenters. The van der Waals surface area contributed by atoms with Crippen molar-refractivity contribution in [2.45, 2.75) is 38.8 Å². The van der Waals surface area contributed by atoms with E-state index in [0.29, 0.717) is 6.61 Å². The van der Waals surface area contributed by atoms with Crippen molar-refractivity contribution in [2.75, 3.05) is 6.61 Å². The van der Waals surface area contributed by atoms with Crippen LogP contribution in [0.3, 0.4) is 0 Å². The highest BCUT2D eigenvalue weighted by Gasteiger charge is 2.48. The minimum Gasteiger partial charge on any atom is -0.488 e. The Morgan fingerprint density at radius 2 is 2.23 bits per heavy atom. The van der Waals surface area contributed by atoms with Crippen LogP contribution in [0, 0.1) is 13.8 Å². The Morgan fingerprint density at radius 1 is 1.42 bits per heavy atom. The van der Waals surface area contributed by atoms with E-state index >= 15 is 0 Å². The molecule has 1 amide bonds. The van der Waals surface area contributed by atoms with Gasteiger partial charge in [0.25, 0.3) is 0 Å². The number of carbonyl (C=O) groups excluding carboxylic acids is 1. The van der Waals surface area contributed by atoms with Gasteiger partial charge in [0, 0.05) is 10.9 Å². The van der Waals surface area contributed by atoms with Gasteiger partial charge < -0.3 is 19.6 Å². The molecule has 2 heterocycles. The van der Waals surface area contributed by atoms with E-state index in [4.69, 9.17) is 14.3 Å². The highest BCUT2D eigenvalue weighted by Crippen LogP contribution is 2.50. The number of hydrogen-bond acceptors (Lipinski definition) is 6. The molecule has 1 aromatic carbocycles. The molecule has 0 bridgehead atoms. The minimum atomic E-state index is -0.515. The topological polar surface area (TPSA) is 84.6 Å². The summed E-state index contributed by atoms with van der Waals surface area (Å²) in [6.45, 7) is 3.83. The van der Waals surface area contributed by atoms with Gasteiger partial charge in [-0.3, -0.25) is 4.79 Å². The third kappa shape index (κ3) is 2.97. The van der Waals surface area contributed by atoms with Crippen LogP contribution in [0.4, 0.5) is 0 Å². The van der Waals surface area contributed by atoms with E-state index in [1.165, 1.54) is 0 Å². The molecule has 7 heteroatoms. The molecule has 0 unspecified atom stereocenters. The van der Waals surface area contributed by atoms with Crippen molar-refractivity contribution in [1.82, 2.24) is 10.3 Å². The fourth-order valence-electron chi connectivity index (χ4n) is 3.37. The number of benzene rings is 1. The first kappa shape index (κ1) is 17.1. The van der Waals surface area contributed by atoms with Crippen molar-refractivity contribution in [3.8, 4) is 5.75 Å². The van der Waals surface area contributed by atoms with Crippen LogP contribution in [0.25, 0.3) is 11.0 Å². The monoisotopic (exact) mass is 372 g/mol. The second kappa shape index (κ2) is 6.41. The van der Waals surface area contributed by atoms with Crippen LogP contribution in [0.15, 0.2) is 28.1 Å². The second-order valence-corrected chi connectivity index (χ2v) is 7.57. The first-order valence-corrected chi connectivity index (χ1v) is 9.37. The normalized spacial score (nSPS) is 15.2. The highest BCUT2D eigenvalue weighted by molar-refractivity contribution is 7.09. The summed E-state index contributed by atoms with van der Waals surface area (Å²) in [4.78, 5) is 17.1. The lowest BCUT2D eigenvalue weighted by atomic mass is 10.0. The van der Waals surface area contributed by atoms with Crippen molar-refractivity contribution in [3.05, 3.63) is 45.6 Å². The van der Waals surface area contributed by atoms with Gasteiger partial charge in [-0.1, -0.05) is 0 Å². The number of rotatable bonds is 6. The van der Waals surface area contributed by atoms with Crippen molar-refractivity contribution >= 4 is 28.2 Å². The Labute approximate surface area is 154 Å². The van der Waals surface area contributed by atoms with E-state index in [0.717, 1.165) is 51.5 Å². The minimum absolute atomic E-state index is 0.371. The van der Waals surface area contributed by atoms with Crippen LogP contribution >= 0.6 is 11.3 Å². The summed E-state index contributed by atoms with van der Waals surface area (Å²) in [5.41, 5.74) is 4.11. The van der Waals surface area contributed by atoms with Crippen LogP contribution < -0.4 is 10.1 Å². The summed E-state index contributed by atoms with van der Waals surface area (Å²) in [6.07, 6.45) is 1.67.